The number of hydrogen-bond donors (Lipinski definition) is 1. The predicted octanol–water partition coefficient (Wildman–Crippen LogP) is 7.33. The van der Waals surface area contributed by atoms with Gasteiger partial charge in [-0.1, -0.05) is 139 Å². The Bertz CT molecular complexity index is 1490. The number of esters is 1. The molecule has 3 aromatic carbocycles. The Morgan fingerprint density at radius 3 is 1.66 bits per heavy atom. The van der Waals surface area contributed by atoms with Crippen LogP contribution < -0.4 is 20.5 Å². The number of carbonyl (C=O) groups is 3. The van der Waals surface area contributed by atoms with Crippen LogP contribution in [0.5, 0.6) is 5.75 Å². The average molecular weight is 594 g/mol. The minimum absolute atomic E-state index is 0.114. The number of nitrogens with one attached hydrogen (secondary N) is 1. The first-order chi connectivity index (χ1) is 21.6. The number of carbonyl (C=O) groups excluding carboxylic acids is 3. The van der Waals surface area contributed by atoms with Gasteiger partial charge in [0.1, 0.15) is 5.75 Å². The van der Waals surface area contributed by atoms with Crippen LogP contribution in [0.4, 0.5) is 0 Å². The van der Waals surface area contributed by atoms with Crippen LogP contribution in [0.25, 0.3) is 11.1 Å². The second-order valence-electron chi connectivity index (χ2n) is 11.7. The molecule has 0 bridgehead atoms. The SMILES string of the molecule is CCCCCCCCNCCCCCCCC.O=C1Oc2cc(=C3C(=O)c4ccccc4C3=O)ccc2=C1c1ccccc1. The zero-order chi connectivity index (χ0) is 31.1. The Morgan fingerprint density at radius 1 is 0.568 bits per heavy atom. The number of rotatable bonds is 15. The van der Waals surface area contributed by atoms with Gasteiger partial charge in [-0.15, -0.1) is 0 Å². The van der Waals surface area contributed by atoms with Gasteiger partial charge in [0, 0.05) is 16.3 Å². The van der Waals surface area contributed by atoms with Crippen molar-refractivity contribution in [3.05, 3.63) is 99.9 Å². The normalized spacial score (nSPS) is 13.5. The number of fused-ring (bicyclic) bond motifs is 2. The lowest BCUT2D eigenvalue weighted by molar-refractivity contribution is -0.127. The second-order valence-corrected chi connectivity index (χ2v) is 11.7. The average Bonchev–Trinajstić information content (AvgIpc) is 3.51. The molecule has 0 spiro atoms. The summed E-state index contributed by atoms with van der Waals surface area (Å²) in [7, 11) is 0. The molecule has 1 heterocycles. The summed E-state index contributed by atoms with van der Waals surface area (Å²) in [5, 5.41) is 4.69. The summed E-state index contributed by atoms with van der Waals surface area (Å²) >= 11 is 0. The minimum atomic E-state index is -0.439. The van der Waals surface area contributed by atoms with Crippen LogP contribution in [0.15, 0.2) is 72.8 Å². The molecule has 5 rings (SSSR count). The predicted molar refractivity (Wildman–Crippen MR) is 178 cm³/mol. The molecule has 0 aromatic heterocycles. The highest BCUT2D eigenvalue weighted by Gasteiger charge is 2.33. The van der Waals surface area contributed by atoms with Crippen LogP contribution in [0.3, 0.4) is 0 Å². The number of ether oxygens (including phenoxy) is 1. The molecule has 2 aliphatic rings. The summed E-state index contributed by atoms with van der Waals surface area (Å²) in [6.07, 6.45) is 16.9. The lowest BCUT2D eigenvalue weighted by Gasteiger charge is -2.04. The Kier molecular flexibility index (Phi) is 13.1. The zero-order valence-corrected chi connectivity index (χ0v) is 26.5. The summed E-state index contributed by atoms with van der Waals surface area (Å²) < 4.78 is 5.41. The van der Waals surface area contributed by atoms with Crippen molar-refractivity contribution in [2.45, 2.75) is 90.9 Å². The van der Waals surface area contributed by atoms with Crippen molar-refractivity contribution in [2.75, 3.05) is 13.1 Å². The van der Waals surface area contributed by atoms with Crippen LogP contribution in [0.2, 0.25) is 0 Å². The van der Waals surface area contributed by atoms with E-state index in [4.69, 9.17) is 4.74 Å². The molecule has 0 amide bonds. The lowest BCUT2D eigenvalue weighted by atomic mass is 10.0. The highest BCUT2D eigenvalue weighted by molar-refractivity contribution is 6.55. The number of hydrogen-bond acceptors (Lipinski definition) is 5. The van der Waals surface area contributed by atoms with E-state index in [-0.39, 0.29) is 17.1 Å². The van der Waals surface area contributed by atoms with Gasteiger partial charge in [-0.2, -0.15) is 0 Å². The third-order valence-electron chi connectivity index (χ3n) is 8.29. The van der Waals surface area contributed by atoms with Gasteiger partial charge in [0.25, 0.3) is 0 Å². The quantitative estimate of drug-likeness (QED) is 0.113. The first-order valence-electron chi connectivity index (χ1n) is 16.6. The molecule has 0 saturated heterocycles. The molecule has 3 aromatic rings. The van der Waals surface area contributed by atoms with Crippen molar-refractivity contribution in [3.8, 4) is 5.75 Å². The summed E-state index contributed by atoms with van der Waals surface area (Å²) in [5.74, 6) is -0.676. The second kappa shape index (κ2) is 17.5. The molecule has 0 fully saturated rings. The van der Waals surface area contributed by atoms with E-state index in [1.54, 1.807) is 42.5 Å². The molecule has 0 atom stereocenters. The summed E-state index contributed by atoms with van der Waals surface area (Å²) in [6, 6.07) is 21.1. The monoisotopic (exact) mass is 593 g/mol. The maximum absolute atomic E-state index is 12.7. The van der Waals surface area contributed by atoms with Gasteiger partial charge in [0.15, 0.2) is 11.6 Å². The smallest absolute Gasteiger partial charge is 0.344 e. The van der Waals surface area contributed by atoms with Crippen molar-refractivity contribution < 1.29 is 19.1 Å². The fourth-order valence-corrected chi connectivity index (χ4v) is 5.81. The Balaban J connectivity index is 0.000000227. The van der Waals surface area contributed by atoms with Gasteiger partial charge in [-0.3, -0.25) is 9.59 Å². The standard InChI is InChI=1S/C23H12O4.C16H35N/c24-21-15-8-4-5-9-16(15)22(25)20(21)14-10-11-17-18(12-14)27-23(26)19(17)13-6-2-1-3-7-13;1-3-5-7-9-11-13-15-17-16-14-12-10-8-6-4-2/h1-12H;17H,3-16H2,1-2H3. The van der Waals surface area contributed by atoms with E-state index in [0.717, 1.165) is 5.56 Å². The number of ketones is 2. The van der Waals surface area contributed by atoms with E-state index in [1.165, 1.54) is 90.1 Å². The molecule has 5 heteroatoms. The third-order valence-corrected chi connectivity index (χ3v) is 8.29. The fourth-order valence-electron chi connectivity index (χ4n) is 5.81. The molecule has 0 saturated carbocycles. The topological polar surface area (TPSA) is 72.5 Å². The van der Waals surface area contributed by atoms with Crippen LogP contribution >= 0.6 is 0 Å². The van der Waals surface area contributed by atoms with E-state index in [9.17, 15) is 14.4 Å². The van der Waals surface area contributed by atoms with E-state index >= 15 is 0 Å². The lowest BCUT2D eigenvalue weighted by Crippen LogP contribution is -2.17. The largest absolute Gasteiger partial charge is 0.422 e. The van der Waals surface area contributed by atoms with Crippen molar-refractivity contribution in [1.29, 1.82) is 0 Å². The van der Waals surface area contributed by atoms with Crippen molar-refractivity contribution in [2.24, 2.45) is 0 Å². The van der Waals surface area contributed by atoms with Gasteiger partial charge in [-0.05, 0) is 48.8 Å². The third kappa shape index (κ3) is 8.63. The Labute approximate surface area is 262 Å². The van der Waals surface area contributed by atoms with E-state index in [0.29, 0.717) is 32.9 Å². The van der Waals surface area contributed by atoms with Gasteiger partial charge < -0.3 is 10.1 Å². The van der Waals surface area contributed by atoms with Crippen LogP contribution in [0.1, 0.15) is 117 Å². The van der Waals surface area contributed by atoms with Crippen molar-refractivity contribution in [3.63, 3.8) is 0 Å². The molecule has 1 N–H and O–H groups in total. The first-order valence-corrected chi connectivity index (χ1v) is 16.6. The van der Waals surface area contributed by atoms with E-state index in [1.807, 2.05) is 30.3 Å². The van der Waals surface area contributed by atoms with Crippen molar-refractivity contribution >= 4 is 28.7 Å². The van der Waals surface area contributed by atoms with Crippen molar-refractivity contribution in [1.82, 2.24) is 5.32 Å². The molecule has 0 unspecified atom stereocenters. The molecule has 5 nitrogen and oxygen atoms in total. The molecule has 44 heavy (non-hydrogen) atoms. The van der Waals surface area contributed by atoms with Gasteiger partial charge in [0.05, 0.1) is 11.1 Å². The highest BCUT2D eigenvalue weighted by Crippen LogP contribution is 2.27. The summed E-state index contributed by atoms with van der Waals surface area (Å²) in [6.45, 7) is 7.03. The summed E-state index contributed by atoms with van der Waals surface area (Å²) in [5.41, 5.74) is 2.18. The molecular formula is C39H47NO4. The maximum atomic E-state index is 12.7. The number of unbranched alkanes of at least 4 members (excludes halogenated alkanes) is 10. The van der Waals surface area contributed by atoms with E-state index < -0.39 is 5.97 Å². The van der Waals surface area contributed by atoms with Gasteiger partial charge in [-0.25, -0.2) is 4.79 Å². The van der Waals surface area contributed by atoms with Crippen LogP contribution in [0, 0.1) is 0 Å². The molecular weight excluding hydrogens is 546 g/mol. The van der Waals surface area contributed by atoms with Crippen LogP contribution in [-0.2, 0) is 4.79 Å². The van der Waals surface area contributed by atoms with Gasteiger partial charge >= 0.3 is 5.97 Å². The number of Topliss-reactive ketones (excluding diaryl/α,β-unsaturated/α-hetero) is 2. The molecule has 232 valence electrons. The maximum Gasteiger partial charge on any atom is 0.344 e. The summed E-state index contributed by atoms with van der Waals surface area (Å²) in [4.78, 5) is 37.7. The van der Waals surface area contributed by atoms with E-state index in [2.05, 4.69) is 19.2 Å². The fraction of sp³-hybridized carbons (Fsp3) is 0.410. The number of benzene rings is 3. The van der Waals surface area contributed by atoms with Gasteiger partial charge in [0.2, 0.25) is 0 Å². The van der Waals surface area contributed by atoms with Crippen LogP contribution in [-0.4, -0.2) is 30.6 Å². The Hall–Kier alpha value is -3.83. The molecule has 1 aliphatic carbocycles. The highest BCUT2D eigenvalue weighted by atomic mass is 16.5. The Morgan fingerprint density at radius 2 is 1.09 bits per heavy atom. The minimum Gasteiger partial charge on any atom is -0.422 e. The first kappa shape index (κ1) is 33.1. The zero-order valence-electron chi connectivity index (χ0n) is 26.5. The molecule has 0 radical (unpaired) electrons. The molecule has 1 aliphatic heterocycles.